The molecule has 132 valence electrons. The fourth-order valence-corrected chi connectivity index (χ4v) is 2.99. The average molecular weight is 359 g/mol. The first-order valence-corrected chi connectivity index (χ1v) is 8.16. The molecule has 3 aromatic heterocycles. The van der Waals surface area contributed by atoms with Crippen LogP contribution < -0.4 is 5.73 Å². The Morgan fingerprint density at radius 3 is 2.63 bits per heavy atom. The fraction of sp³-hybridized carbons (Fsp3) is 0.0588. The number of imidazole rings is 1. The summed E-state index contributed by atoms with van der Waals surface area (Å²) >= 11 is 0. The molecule has 0 saturated carbocycles. The zero-order valence-electron chi connectivity index (χ0n) is 13.9. The van der Waals surface area contributed by atoms with E-state index in [2.05, 4.69) is 35.9 Å². The van der Waals surface area contributed by atoms with Gasteiger partial charge in [-0.2, -0.15) is 5.21 Å². The Hall–Kier alpha value is -4.08. The van der Waals surface area contributed by atoms with Crippen LogP contribution in [0.25, 0.3) is 33.9 Å². The number of para-hydroxylation sites is 2. The highest BCUT2D eigenvalue weighted by atomic mass is 16.6. The van der Waals surface area contributed by atoms with E-state index in [-0.39, 0.29) is 5.82 Å². The lowest BCUT2D eigenvalue weighted by Crippen LogP contribution is -2.03. The van der Waals surface area contributed by atoms with E-state index in [4.69, 9.17) is 10.4 Å². The summed E-state index contributed by atoms with van der Waals surface area (Å²) in [6.07, 6.45) is 0. The number of rotatable bonds is 4. The third-order valence-electron chi connectivity index (χ3n) is 4.28. The molecule has 0 aliphatic heterocycles. The average Bonchev–Trinajstić information content (AvgIpc) is 3.43. The van der Waals surface area contributed by atoms with Crippen LogP contribution in [0.2, 0.25) is 0 Å². The molecule has 0 amide bonds. The first kappa shape index (κ1) is 15.2. The van der Waals surface area contributed by atoms with E-state index in [0.29, 0.717) is 23.9 Å². The molecule has 10 heteroatoms. The maximum absolute atomic E-state index is 5.89. The molecule has 0 unspecified atom stereocenters. The van der Waals surface area contributed by atoms with Gasteiger partial charge in [-0.1, -0.05) is 36.4 Å². The quantitative estimate of drug-likeness (QED) is 0.496. The third-order valence-corrected chi connectivity index (χ3v) is 4.28. The van der Waals surface area contributed by atoms with Crippen molar-refractivity contribution in [3.8, 4) is 22.9 Å². The number of benzene rings is 2. The van der Waals surface area contributed by atoms with E-state index in [1.807, 2.05) is 53.1 Å². The number of aromatic nitrogens is 8. The number of H-pyrrole nitrogens is 1. The molecule has 0 saturated heterocycles. The van der Waals surface area contributed by atoms with Crippen molar-refractivity contribution in [2.75, 3.05) is 5.73 Å². The second-order valence-corrected chi connectivity index (χ2v) is 5.94. The standard InChI is InChI=1S/C17H13N9O/c18-15-14(22-27-23-15)17-19-12-3-1-2-4-13(12)26(17)9-10-5-7-11(8-6-10)16-20-24-25-21-16/h1-8H,9H2,(H2,18,23)(H,20,21,24,25). The summed E-state index contributed by atoms with van der Waals surface area (Å²) in [6.45, 7) is 0.578. The highest BCUT2D eigenvalue weighted by molar-refractivity contribution is 5.81. The van der Waals surface area contributed by atoms with Crippen LogP contribution in [0.4, 0.5) is 5.82 Å². The number of nitrogens with one attached hydrogen (secondary N) is 1. The Kier molecular flexibility index (Phi) is 3.39. The molecule has 10 nitrogen and oxygen atoms in total. The van der Waals surface area contributed by atoms with Gasteiger partial charge in [0.05, 0.1) is 11.0 Å². The Bertz CT molecular complexity index is 1210. The van der Waals surface area contributed by atoms with Gasteiger partial charge in [-0.3, -0.25) is 0 Å². The van der Waals surface area contributed by atoms with Gasteiger partial charge >= 0.3 is 0 Å². The maximum Gasteiger partial charge on any atom is 0.204 e. The van der Waals surface area contributed by atoms with E-state index in [9.17, 15) is 0 Å². The van der Waals surface area contributed by atoms with Crippen molar-refractivity contribution in [3.05, 3.63) is 54.1 Å². The van der Waals surface area contributed by atoms with Crippen LogP contribution in [0.15, 0.2) is 53.2 Å². The summed E-state index contributed by atoms with van der Waals surface area (Å²) in [7, 11) is 0. The lowest BCUT2D eigenvalue weighted by atomic mass is 10.1. The Morgan fingerprint density at radius 1 is 1.04 bits per heavy atom. The molecule has 3 N–H and O–H groups in total. The maximum atomic E-state index is 5.89. The number of aromatic amines is 1. The molecule has 0 bridgehead atoms. The van der Waals surface area contributed by atoms with Gasteiger partial charge in [-0.25, -0.2) is 9.61 Å². The minimum atomic E-state index is 0.207. The predicted molar refractivity (Wildman–Crippen MR) is 96.2 cm³/mol. The summed E-state index contributed by atoms with van der Waals surface area (Å²) in [5.74, 6) is 1.37. The van der Waals surface area contributed by atoms with Crippen molar-refractivity contribution >= 4 is 16.9 Å². The number of tetrazole rings is 1. The molecular formula is C17H13N9O. The molecule has 0 atom stereocenters. The normalized spacial score (nSPS) is 11.3. The van der Waals surface area contributed by atoms with Crippen LogP contribution in [-0.2, 0) is 6.54 Å². The number of hydrogen-bond donors (Lipinski definition) is 2. The minimum Gasteiger partial charge on any atom is -0.379 e. The first-order valence-electron chi connectivity index (χ1n) is 8.16. The van der Waals surface area contributed by atoms with Crippen LogP contribution in [0.1, 0.15) is 5.56 Å². The van der Waals surface area contributed by atoms with Crippen LogP contribution in [0.3, 0.4) is 0 Å². The number of anilines is 1. The molecule has 0 spiro atoms. The lowest BCUT2D eigenvalue weighted by Gasteiger charge is -2.08. The molecule has 2 aromatic carbocycles. The molecule has 0 aliphatic rings. The van der Waals surface area contributed by atoms with Gasteiger partial charge in [-0.05, 0) is 33.2 Å². The van der Waals surface area contributed by atoms with E-state index >= 15 is 0 Å². The van der Waals surface area contributed by atoms with E-state index in [0.717, 1.165) is 22.2 Å². The van der Waals surface area contributed by atoms with Crippen LogP contribution in [0, 0.1) is 0 Å². The second-order valence-electron chi connectivity index (χ2n) is 5.94. The lowest BCUT2D eigenvalue weighted by molar-refractivity contribution is 0.310. The Balaban J connectivity index is 1.57. The molecule has 5 rings (SSSR count). The van der Waals surface area contributed by atoms with Gasteiger partial charge in [-0.15, -0.1) is 10.2 Å². The van der Waals surface area contributed by atoms with Crippen molar-refractivity contribution < 1.29 is 4.63 Å². The number of fused-ring (bicyclic) bond motifs is 1. The molecule has 0 radical (unpaired) electrons. The molecule has 0 fully saturated rings. The zero-order chi connectivity index (χ0) is 18.2. The van der Waals surface area contributed by atoms with Crippen molar-refractivity contribution in [2.45, 2.75) is 6.54 Å². The summed E-state index contributed by atoms with van der Waals surface area (Å²) in [6, 6.07) is 15.8. The largest absolute Gasteiger partial charge is 0.379 e. The van der Waals surface area contributed by atoms with Crippen molar-refractivity contribution in [1.82, 2.24) is 40.5 Å². The number of hydrogen-bond acceptors (Lipinski definition) is 8. The van der Waals surface area contributed by atoms with E-state index in [1.165, 1.54) is 0 Å². The van der Waals surface area contributed by atoms with Crippen molar-refractivity contribution in [1.29, 1.82) is 0 Å². The summed E-state index contributed by atoms with van der Waals surface area (Å²) in [5, 5.41) is 21.6. The highest BCUT2D eigenvalue weighted by Gasteiger charge is 2.19. The van der Waals surface area contributed by atoms with Crippen LogP contribution in [-0.4, -0.2) is 40.5 Å². The summed E-state index contributed by atoms with van der Waals surface area (Å²) in [5.41, 5.74) is 10.1. The van der Waals surface area contributed by atoms with Gasteiger partial charge in [0.25, 0.3) is 0 Å². The molecule has 27 heavy (non-hydrogen) atoms. The highest BCUT2D eigenvalue weighted by Crippen LogP contribution is 2.27. The first-order chi connectivity index (χ1) is 13.3. The Labute approximate surface area is 152 Å². The summed E-state index contributed by atoms with van der Waals surface area (Å²) in [4.78, 5) is 4.66. The number of nitrogen functional groups attached to an aromatic ring is 1. The third kappa shape index (κ3) is 2.59. The summed E-state index contributed by atoms with van der Waals surface area (Å²) < 4.78 is 6.79. The molecular weight excluding hydrogens is 346 g/mol. The van der Waals surface area contributed by atoms with Gasteiger partial charge in [0.15, 0.2) is 17.3 Å². The predicted octanol–water partition coefficient (Wildman–Crippen LogP) is 1.90. The monoisotopic (exact) mass is 359 g/mol. The molecule has 3 heterocycles. The van der Waals surface area contributed by atoms with Crippen LogP contribution >= 0.6 is 0 Å². The zero-order valence-corrected chi connectivity index (χ0v) is 13.9. The SMILES string of the molecule is Nc1nonc1-c1nc2ccccc2n1Cc1ccc(-c2nn[nH]n2)cc1. The fourth-order valence-electron chi connectivity index (χ4n) is 2.99. The van der Waals surface area contributed by atoms with Gasteiger partial charge in [0.1, 0.15) is 0 Å². The van der Waals surface area contributed by atoms with Crippen molar-refractivity contribution in [3.63, 3.8) is 0 Å². The van der Waals surface area contributed by atoms with Gasteiger partial charge in [0.2, 0.25) is 5.82 Å². The minimum absolute atomic E-state index is 0.207. The topological polar surface area (TPSA) is 137 Å². The molecule has 0 aliphatic carbocycles. The van der Waals surface area contributed by atoms with Gasteiger partial charge in [0, 0.05) is 12.1 Å². The van der Waals surface area contributed by atoms with E-state index in [1.54, 1.807) is 0 Å². The second kappa shape index (κ2) is 6.02. The smallest absolute Gasteiger partial charge is 0.204 e. The molecule has 5 aromatic rings. The van der Waals surface area contributed by atoms with Crippen molar-refractivity contribution in [2.24, 2.45) is 0 Å². The number of nitrogens with zero attached hydrogens (tertiary/aromatic N) is 7. The van der Waals surface area contributed by atoms with E-state index < -0.39 is 0 Å². The Morgan fingerprint density at radius 2 is 1.89 bits per heavy atom. The van der Waals surface area contributed by atoms with Crippen LogP contribution in [0.5, 0.6) is 0 Å². The number of nitrogens with two attached hydrogens (primary N) is 1. The van der Waals surface area contributed by atoms with Gasteiger partial charge < -0.3 is 10.3 Å².